The maximum atomic E-state index is 12.4. The van der Waals surface area contributed by atoms with Gasteiger partial charge in [-0.05, 0) is 36.4 Å². The highest BCUT2D eigenvalue weighted by molar-refractivity contribution is 6.31. The van der Waals surface area contributed by atoms with Crippen LogP contribution in [0.15, 0.2) is 42.5 Å². The molecule has 0 spiro atoms. The molecule has 2 aromatic rings. The van der Waals surface area contributed by atoms with Crippen LogP contribution in [0.4, 0.5) is 11.4 Å². The second-order valence-electron chi connectivity index (χ2n) is 4.30. The number of carbonyl (C=O) groups is 1. The van der Waals surface area contributed by atoms with E-state index in [0.29, 0.717) is 5.69 Å². The Morgan fingerprint density at radius 1 is 1.24 bits per heavy atom. The van der Waals surface area contributed by atoms with Gasteiger partial charge in [-0.3, -0.25) is 14.9 Å². The maximum Gasteiger partial charge on any atom is 0.282 e. The summed E-state index contributed by atoms with van der Waals surface area (Å²) in [5, 5.41) is 20.5. The van der Waals surface area contributed by atoms with E-state index in [1.165, 1.54) is 54.4 Å². The molecule has 0 aliphatic heterocycles. The van der Waals surface area contributed by atoms with Gasteiger partial charge in [0.1, 0.15) is 11.3 Å². The summed E-state index contributed by atoms with van der Waals surface area (Å²) >= 11 is 5.81. The largest absolute Gasteiger partial charge is 0.508 e. The molecule has 2 rings (SSSR count). The summed E-state index contributed by atoms with van der Waals surface area (Å²) in [4.78, 5) is 24.0. The molecule has 108 valence electrons. The van der Waals surface area contributed by atoms with Crippen LogP contribution in [0.1, 0.15) is 10.4 Å². The lowest BCUT2D eigenvalue weighted by atomic mass is 10.1. The van der Waals surface area contributed by atoms with Gasteiger partial charge in [-0.1, -0.05) is 11.6 Å². The van der Waals surface area contributed by atoms with E-state index in [1.807, 2.05) is 0 Å². The minimum absolute atomic E-state index is 0.0633. The minimum Gasteiger partial charge on any atom is -0.508 e. The number of nitrogens with zero attached hydrogens (tertiary/aromatic N) is 2. The van der Waals surface area contributed by atoms with Gasteiger partial charge in [0, 0.05) is 23.8 Å². The summed E-state index contributed by atoms with van der Waals surface area (Å²) in [7, 11) is 1.49. The predicted molar refractivity (Wildman–Crippen MR) is 78.9 cm³/mol. The van der Waals surface area contributed by atoms with Gasteiger partial charge < -0.3 is 10.0 Å². The third-order valence-electron chi connectivity index (χ3n) is 2.93. The number of phenolic OH excluding ortho intramolecular Hbond substituents is 1. The first-order valence-electron chi connectivity index (χ1n) is 5.91. The van der Waals surface area contributed by atoms with E-state index in [2.05, 4.69) is 0 Å². The molecule has 0 atom stereocenters. The van der Waals surface area contributed by atoms with Gasteiger partial charge in [-0.15, -0.1) is 0 Å². The number of carbonyl (C=O) groups excluding carboxylic acids is 1. The first kappa shape index (κ1) is 14.8. The predicted octanol–water partition coefficient (Wildman–Crippen LogP) is 3.23. The first-order chi connectivity index (χ1) is 9.90. The lowest BCUT2D eigenvalue weighted by molar-refractivity contribution is -0.385. The first-order valence-corrected chi connectivity index (χ1v) is 6.29. The summed E-state index contributed by atoms with van der Waals surface area (Å²) in [5.41, 5.74) is 0.0881. The fourth-order valence-electron chi connectivity index (χ4n) is 1.81. The lowest BCUT2D eigenvalue weighted by Crippen LogP contribution is -2.26. The molecule has 0 fully saturated rings. The Hall–Kier alpha value is -2.60. The Labute approximate surface area is 125 Å². The molecule has 0 heterocycles. The van der Waals surface area contributed by atoms with Crippen LogP contribution in [-0.4, -0.2) is 23.0 Å². The molecule has 0 saturated carbocycles. The van der Waals surface area contributed by atoms with Gasteiger partial charge in [0.2, 0.25) is 0 Å². The molecular formula is C14H11ClN2O4. The third-order valence-corrected chi connectivity index (χ3v) is 3.16. The second kappa shape index (κ2) is 5.80. The SMILES string of the molecule is CN(C(=O)c1cc(Cl)ccc1[N+](=O)[O-])c1ccc(O)cc1. The number of aromatic hydroxyl groups is 1. The summed E-state index contributed by atoms with van der Waals surface area (Å²) in [6, 6.07) is 9.72. The van der Waals surface area contributed by atoms with Crippen molar-refractivity contribution >= 4 is 28.9 Å². The molecule has 1 N–H and O–H groups in total. The van der Waals surface area contributed by atoms with Crippen molar-refractivity contribution in [3.8, 4) is 5.75 Å². The van der Waals surface area contributed by atoms with E-state index in [4.69, 9.17) is 11.6 Å². The van der Waals surface area contributed by atoms with Crippen molar-refractivity contribution < 1.29 is 14.8 Å². The molecule has 0 aliphatic carbocycles. The number of hydrogen-bond donors (Lipinski definition) is 1. The van der Waals surface area contributed by atoms with Crippen molar-refractivity contribution in [3.63, 3.8) is 0 Å². The number of nitro groups is 1. The number of hydrogen-bond acceptors (Lipinski definition) is 4. The van der Waals surface area contributed by atoms with Crippen molar-refractivity contribution in [1.29, 1.82) is 0 Å². The van der Waals surface area contributed by atoms with Gasteiger partial charge in [-0.25, -0.2) is 0 Å². The number of amides is 1. The van der Waals surface area contributed by atoms with Crippen LogP contribution < -0.4 is 4.90 Å². The maximum absolute atomic E-state index is 12.4. The van der Waals surface area contributed by atoms with E-state index in [0.717, 1.165) is 0 Å². The van der Waals surface area contributed by atoms with Gasteiger partial charge in [0.05, 0.1) is 4.92 Å². The van der Waals surface area contributed by atoms with Crippen LogP contribution in [0.5, 0.6) is 5.75 Å². The zero-order chi connectivity index (χ0) is 15.6. The fourth-order valence-corrected chi connectivity index (χ4v) is 1.99. The zero-order valence-electron chi connectivity index (χ0n) is 11.0. The Morgan fingerprint density at radius 3 is 2.43 bits per heavy atom. The molecule has 21 heavy (non-hydrogen) atoms. The smallest absolute Gasteiger partial charge is 0.282 e. The molecule has 2 aromatic carbocycles. The minimum atomic E-state index is -0.631. The molecule has 1 amide bonds. The molecule has 6 nitrogen and oxygen atoms in total. The van der Waals surface area contributed by atoms with Crippen molar-refractivity contribution in [2.75, 3.05) is 11.9 Å². The standard InChI is InChI=1S/C14H11ClN2O4/c1-16(10-3-5-11(18)6-4-10)14(19)12-8-9(15)2-7-13(12)17(20)21/h2-8,18H,1H3. The normalized spacial score (nSPS) is 10.2. The van der Waals surface area contributed by atoms with Crippen molar-refractivity contribution in [2.45, 2.75) is 0 Å². The summed E-state index contributed by atoms with van der Waals surface area (Å²) in [5.74, 6) is -0.497. The summed E-state index contributed by atoms with van der Waals surface area (Å²) < 4.78 is 0. The lowest BCUT2D eigenvalue weighted by Gasteiger charge is -2.17. The summed E-state index contributed by atoms with van der Waals surface area (Å²) in [6.07, 6.45) is 0. The van der Waals surface area contributed by atoms with Crippen LogP contribution in [-0.2, 0) is 0 Å². The average Bonchev–Trinajstić information content (AvgIpc) is 2.46. The molecule has 7 heteroatoms. The van der Waals surface area contributed by atoms with Gasteiger partial charge in [-0.2, -0.15) is 0 Å². The van der Waals surface area contributed by atoms with Gasteiger partial charge >= 0.3 is 0 Å². The number of rotatable bonds is 3. The molecular weight excluding hydrogens is 296 g/mol. The number of nitro benzene ring substituents is 1. The van der Waals surface area contributed by atoms with Gasteiger partial charge in [0.15, 0.2) is 0 Å². The number of phenols is 1. The summed E-state index contributed by atoms with van der Waals surface area (Å²) in [6.45, 7) is 0. The van der Waals surface area contributed by atoms with Crippen molar-refractivity contribution in [3.05, 3.63) is 63.2 Å². The highest BCUT2D eigenvalue weighted by Crippen LogP contribution is 2.26. The highest BCUT2D eigenvalue weighted by Gasteiger charge is 2.24. The Bertz CT molecular complexity index is 701. The number of halogens is 1. The zero-order valence-corrected chi connectivity index (χ0v) is 11.7. The van der Waals surface area contributed by atoms with Crippen LogP contribution in [0.25, 0.3) is 0 Å². The molecule has 0 saturated heterocycles. The Kier molecular flexibility index (Phi) is 4.09. The van der Waals surface area contributed by atoms with E-state index >= 15 is 0 Å². The van der Waals surface area contributed by atoms with Crippen molar-refractivity contribution in [2.24, 2.45) is 0 Å². The number of benzene rings is 2. The monoisotopic (exact) mass is 306 g/mol. The second-order valence-corrected chi connectivity index (χ2v) is 4.74. The third kappa shape index (κ3) is 3.11. The molecule has 0 aromatic heterocycles. The quantitative estimate of drug-likeness (QED) is 0.697. The average molecular weight is 307 g/mol. The highest BCUT2D eigenvalue weighted by atomic mass is 35.5. The fraction of sp³-hybridized carbons (Fsp3) is 0.0714. The van der Waals surface area contributed by atoms with Crippen LogP contribution in [0, 0.1) is 10.1 Å². The molecule has 0 unspecified atom stereocenters. The molecule has 0 aliphatic rings. The molecule has 0 radical (unpaired) electrons. The van der Waals surface area contributed by atoms with E-state index in [9.17, 15) is 20.0 Å². The Balaban J connectivity index is 2.41. The van der Waals surface area contributed by atoms with Crippen molar-refractivity contribution in [1.82, 2.24) is 0 Å². The van der Waals surface area contributed by atoms with Crippen LogP contribution in [0.3, 0.4) is 0 Å². The van der Waals surface area contributed by atoms with E-state index in [-0.39, 0.29) is 22.0 Å². The van der Waals surface area contributed by atoms with Crippen LogP contribution >= 0.6 is 11.6 Å². The topological polar surface area (TPSA) is 83.7 Å². The van der Waals surface area contributed by atoms with Crippen LogP contribution in [0.2, 0.25) is 5.02 Å². The van der Waals surface area contributed by atoms with Gasteiger partial charge in [0.25, 0.3) is 11.6 Å². The van der Waals surface area contributed by atoms with E-state index in [1.54, 1.807) is 0 Å². The molecule has 0 bridgehead atoms. The number of anilines is 1. The Morgan fingerprint density at radius 2 is 1.86 bits per heavy atom. The van der Waals surface area contributed by atoms with E-state index < -0.39 is 10.8 Å².